The Balaban J connectivity index is 1.73. The number of aromatic nitrogens is 3. The van der Waals surface area contributed by atoms with Gasteiger partial charge in [0.25, 0.3) is 0 Å². The van der Waals surface area contributed by atoms with Crippen molar-refractivity contribution in [3.63, 3.8) is 0 Å². The van der Waals surface area contributed by atoms with Crippen molar-refractivity contribution in [2.75, 3.05) is 11.9 Å². The first kappa shape index (κ1) is 18.0. The van der Waals surface area contributed by atoms with Crippen LogP contribution in [0.4, 0.5) is 11.6 Å². The molecule has 134 valence electrons. The van der Waals surface area contributed by atoms with Crippen LogP contribution in [0, 0.1) is 13.8 Å². The van der Waals surface area contributed by atoms with E-state index in [1.54, 1.807) is 12.3 Å². The van der Waals surface area contributed by atoms with Gasteiger partial charge in [-0.2, -0.15) is 0 Å². The Morgan fingerprint density at radius 1 is 1.19 bits per heavy atom. The zero-order valence-corrected chi connectivity index (χ0v) is 15.3. The number of rotatable bonds is 7. The van der Waals surface area contributed by atoms with Gasteiger partial charge in [-0.25, -0.2) is 15.0 Å². The van der Waals surface area contributed by atoms with E-state index in [0.29, 0.717) is 12.5 Å². The Labute approximate surface area is 155 Å². The van der Waals surface area contributed by atoms with Crippen LogP contribution in [0.1, 0.15) is 16.8 Å². The van der Waals surface area contributed by atoms with E-state index in [9.17, 15) is 4.79 Å². The number of carboxylic acids is 1. The molecule has 3 aromatic rings. The van der Waals surface area contributed by atoms with Crippen LogP contribution in [0.2, 0.25) is 0 Å². The smallest absolute Gasteiger partial charge is 0.317 e. The van der Waals surface area contributed by atoms with Gasteiger partial charge in [0, 0.05) is 23.8 Å². The summed E-state index contributed by atoms with van der Waals surface area (Å²) < 4.78 is 0. The summed E-state index contributed by atoms with van der Waals surface area (Å²) in [5.74, 6) is -0.383. The van der Waals surface area contributed by atoms with Crippen LogP contribution in [0.5, 0.6) is 0 Å². The maximum Gasteiger partial charge on any atom is 0.317 e. The van der Waals surface area contributed by atoms with Crippen LogP contribution in [-0.4, -0.2) is 32.6 Å². The number of anilines is 2. The van der Waals surface area contributed by atoms with Gasteiger partial charge in [0.1, 0.15) is 10.7 Å². The quantitative estimate of drug-likeness (QED) is 0.588. The van der Waals surface area contributed by atoms with Crippen LogP contribution in [0.3, 0.4) is 0 Å². The molecule has 0 atom stereocenters. The highest BCUT2D eigenvalue weighted by atomic mass is 32.1. The summed E-state index contributed by atoms with van der Waals surface area (Å²) in [6.07, 6.45) is 1.69. The molecule has 0 amide bonds. The average Bonchev–Trinajstić information content (AvgIpc) is 3.03. The first-order valence-electron chi connectivity index (χ1n) is 8.05. The molecule has 2 aromatic heterocycles. The van der Waals surface area contributed by atoms with E-state index in [4.69, 9.17) is 5.11 Å². The Hall–Kier alpha value is -2.84. The van der Waals surface area contributed by atoms with Crippen molar-refractivity contribution in [3.8, 4) is 10.7 Å². The molecule has 7 nitrogen and oxygen atoms in total. The molecule has 3 N–H and O–H groups in total. The maximum atomic E-state index is 10.5. The van der Waals surface area contributed by atoms with Gasteiger partial charge in [0.2, 0.25) is 5.95 Å². The van der Waals surface area contributed by atoms with Gasteiger partial charge in [-0.1, -0.05) is 6.07 Å². The second kappa shape index (κ2) is 8.03. The van der Waals surface area contributed by atoms with Crippen molar-refractivity contribution in [1.29, 1.82) is 0 Å². The molecule has 26 heavy (non-hydrogen) atoms. The monoisotopic (exact) mass is 369 g/mol. The molecular formula is C18H19N5O2S. The molecule has 1 aromatic carbocycles. The standard InChI is InChI=1S/C18H19N5O2S/c1-11-5-12(2)7-13(6-11)22-18-20-4-3-15(23-18)17-21-14(10-26-17)8-19-9-16(24)25/h3-7,10,19H,8-9H2,1-2H3,(H,24,25)(H,20,22,23). The normalized spacial score (nSPS) is 10.7. The fourth-order valence-electron chi connectivity index (χ4n) is 2.52. The van der Waals surface area contributed by atoms with E-state index >= 15 is 0 Å². The molecule has 0 spiro atoms. The van der Waals surface area contributed by atoms with Crippen molar-refractivity contribution < 1.29 is 9.90 Å². The Morgan fingerprint density at radius 2 is 1.96 bits per heavy atom. The Kier molecular flexibility index (Phi) is 5.55. The van der Waals surface area contributed by atoms with Crippen molar-refractivity contribution in [2.24, 2.45) is 0 Å². The predicted octanol–water partition coefficient (Wildman–Crippen LogP) is 3.13. The average molecular weight is 369 g/mol. The van der Waals surface area contributed by atoms with Gasteiger partial charge in [-0.3, -0.25) is 4.79 Å². The van der Waals surface area contributed by atoms with Gasteiger partial charge in [-0.15, -0.1) is 11.3 Å². The number of nitrogens with zero attached hydrogens (tertiary/aromatic N) is 3. The number of aryl methyl sites for hydroxylation is 2. The van der Waals surface area contributed by atoms with Gasteiger partial charge < -0.3 is 15.7 Å². The molecule has 0 aliphatic carbocycles. The summed E-state index contributed by atoms with van der Waals surface area (Å²) in [5.41, 5.74) is 4.79. The molecule has 0 fully saturated rings. The zero-order valence-electron chi connectivity index (χ0n) is 14.5. The third kappa shape index (κ3) is 4.84. The van der Waals surface area contributed by atoms with Crippen LogP contribution in [0.15, 0.2) is 35.8 Å². The first-order valence-corrected chi connectivity index (χ1v) is 8.93. The van der Waals surface area contributed by atoms with E-state index < -0.39 is 5.97 Å². The van der Waals surface area contributed by atoms with Gasteiger partial charge in [-0.05, 0) is 43.2 Å². The number of nitrogens with one attached hydrogen (secondary N) is 2. The minimum absolute atomic E-state index is 0.0929. The fraction of sp³-hybridized carbons (Fsp3) is 0.222. The fourth-order valence-corrected chi connectivity index (χ4v) is 3.31. The molecule has 2 heterocycles. The largest absolute Gasteiger partial charge is 0.480 e. The lowest BCUT2D eigenvalue weighted by Crippen LogP contribution is -2.21. The number of thiazole rings is 1. The molecule has 0 radical (unpaired) electrons. The number of carboxylic acid groups (broad SMARTS) is 1. The summed E-state index contributed by atoms with van der Waals surface area (Å²) in [7, 11) is 0. The van der Waals surface area contributed by atoms with Crippen molar-refractivity contribution in [2.45, 2.75) is 20.4 Å². The second-order valence-corrected chi connectivity index (χ2v) is 6.77. The molecule has 0 saturated carbocycles. The van der Waals surface area contributed by atoms with Crippen LogP contribution in [-0.2, 0) is 11.3 Å². The van der Waals surface area contributed by atoms with Crippen LogP contribution in [0.25, 0.3) is 10.7 Å². The molecule has 0 aliphatic rings. The summed E-state index contributed by atoms with van der Waals surface area (Å²) in [6.45, 7) is 4.40. The van der Waals surface area contributed by atoms with E-state index in [2.05, 4.69) is 31.7 Å². The Morgan fingerprint density at radius 3 is 2.69 bits per heavy atom. The molecular weight excluding hydrogens is 350 g/mol. The minimum atomic E-state index is -0.890. The highest BCUT2D eigenvalue weighted by Crippen LogP contribution is 2.24. The van der Waals surface area contributed by atoms with Gasteiger partial charge >= 0.3 is 5.97 Å². The topological polar surface area (TPSA) is 100 Å². The lowest BCUT2D eigenvalue weighted by Gasteiger charge is -2.07. The maximum absolute atomic E-state index is 10.5. The lowest BCUT2D eigenvalue weighted by molar-refractivity contribution is -0.135. The SMILES string of the molecule is Cc1cc(C)cc(Nc2nccc(-c3nc(CNCC(=O)O)cs3)n2)c1. The van der Waals surface area contributed by atoms with E-state index in [-0.39, 0.29) is 6.54 Å². The van der Waals surface area contributed by atoms with Gasteiger partial charge in [0.05, 0.1) is 12.2 Å². The van der Waals surface area contributed by atoms with E-state index in [1.165, 1.54) is 22.5 Å². The van der Waals surface area contributed by atoms with Crippen LogP contribution >= 0.6 is 11.3 Å². The van der Waals surface area contributed by atoms with E-state index in [1.807, 2.05) is 31.4 Å². The zero-order chi connectivity index (χ0) is 18.5. The van der Waals surface area contributed by atoms with Crippen molar-refractivity contribution in [1.82, 2.24) is 20.3 Å². The summed E-state index contributed by atoms with van der Waals surface area (Å²) in [5, 5.41) is 17.4. The first-order chi connectivity index (χ1) is 12.5. The van der Waals surface area contributed by atoms with Crippen molar-refractivity contribution in [3.05, 3.63) is 52.7 Å². The molecule has 0 bridgehead atoms. The third-order valence-corrected chi connectivity index (χ3v) is 4.40. The molecule has 0 unspecified atom stereocenters. The highest BCUT2D eigenvalue weighted by molar-refractivity contribution is 7.13. The molecule has 3 rings (SSSR count). The van der Waals surface area contributed by atoms with Gasteiger partial charge in [0.15, 0.2) is 0 Å². The molecule has 0 aliphatic heterocycles. The highest BCUT2D eigenvalue weighted by Gasteiger charge is 2.08. The lowest BCUT2D eigenvalue weighted by atomic mass is 10.1. The van der Waals surface area contributed by atoms with E-state index in [0.717, 1.165) is 22.1 Å². The molecule has 0 saturated heterocycles. The predicted molar refractivity (Wildman–Crippen MR) is 102 cm³/mol. The number of hydrogen-bond acceptors (Lipinski definition) is 7. The number of carbonyl (C=O) groups is 1. The van der Waals surface area contributed by atoms with Crippen LogP contribution < -0.4 is 10.6 Å². The molecule has 8 heteroatoms. The number of hydrogen-bond donors (Lipinski definition) is 3. The second-order valence-electron chi connectivity index (χ2n) is 5.91. The Bertz CT molecular complexity index is 905. The summed E-state index contributed by atoms with van der Waals surface area (Å²) >= 11 is 1.46. The summed E-state index contributed by atoms with van der Waals surface area (Å²) in [4.78, 5) is 23.8. The number of aliphatic carboxylic acids is 1. The minimum Gasteiger partial charge on any atom is -0.480 e. The number of benzene rings is 1. The summed E-state index contributed by atoms with van der Waals surface area (Å²) in [6, 6.07) is 8.00. The van der Waals surface area contributed by atoms with Crippen molar-refractivity contribution >= 4 is 28.9 Å². The third-order valence-electron chi connectivity index (χ3n) is 3.49.